The number of piperidine rings is 1. The maximum atomic E-state index is 5.59. The lowest BCUT2D eigenvalue weighted by molar-refractivity contribution is 0.0712. The van der Waals surface area contributed by atoms with Gasteiger partial charge in [-0.1, -0.05) is 30.5 Å². The van der Waals surface area contributed by atoms with E-state index in [0.717, 1.165) is 18.5 Å². The van der Waals surface area contributed by atoms with Gasteiger partial charge in [-0.3, -0.25) is 4.90 Å². The molecule has 1 heterocycles. The summed E-state index contributed by atoms with van der Waals surface area (Å²) in [6, 6.07) is 0.866. The van der Waals surface area contributed by atoms with Gasteiger partial charge in [-0.15, -0.1) is 0 Å². The first-order valence-electron chi connectivity index (χ1n) is 5.91. The Labute approximate surface area is 92.1 Å². The van der Waals surface area contributed by atoms with Crippen LogP contribution in [0.15, 0.2) is 11.6 Å². The molecule has 2 aliphatic rings. The van der Waals surface area contributed by atoms with E-state index in [1.54, 1.807) is 5.54 Å². The number of rotatable bonds is 2. The van der Waals surface area contributed by atoms with Crippen LogP contribution in [0.5, 0.6) is 0 Å². The van der Waals surface area contributed by atoms with Gasteiger partial charge in [0.15, 0.2) is 0 Å². The number of hydrogen-bond donors (Lipinski definition) is 0. The zero-order chi connectivity index (χ0) is 9.80. The molecule has 0 aromatic heterocycles. The molecular weight excluding hydrogens is 194 g/mol. The Hall–Kier alpha value is -0.0100. The molecule has 2 atom stereocenters. The average Bonchev–Trinajstić information content (AvgIpc) is 2.26. The van der Waals surface area contributed by atoms with E-state index in [1.807, 2.05) is 0 Å². The molecule has 1 saturated heterocycles. The summed E-state index contributed by atoms with van der Waals surface area (Å²) < 4.78 is 0. The molecule has 0 radical (unpaired) electrons. The normalized spacial score (nSPS) is 34.6. The number of hydrogen-bond acceptors (Lipinski definition) is 1. The third-order valence-electron chi connectivity index (χ3n) is 3.79. The third kappa shape index (κ3) is 2.32. The number of nitrogens with zero attached hydrogens (tertiary/aromatic N) is 1. The second-order valence-corrected chi connectivity index (χ2v) is 4.86. The van der Waals surface area contributed by atoms with Crippen LogP contribution >= 0.6 is 11.6 Å². The van der Waals surface area contributed by atoms with Gasteiger partial charge >= 0.3 is 0 Å². The van der Waals surface area contributed by atoms with Crippen molar-refractivity contribution in [3.8, 4) is 0 Å². The first kappa shape index (κ1) is 10.5. The minimum absolute atomic E-state index is 0.866. The van der Waals surface area contributed by atoms with Crippen LogP contribution in [0.4, 0.5) is 0 Å². The lowest BCUT2D eigenvalue weighted by atomic mass is 9.78. The van der Waals surface area contributed by atoms with E-state index in [1.165, 1.54) is 45.1 Å². The molecule has 0 N–H and O–H groups in total. The van der Waals surface area contributed by atoms with Gasteiger partial charge in [0.1, 0.15) is 0 Å². The molecule has 0 aromatic carbocycles. The van der Waals surface area contributed by atoms with Gasteiger partial charge < -0.3 is 0 Å². The van der Waals surface area contributed by atoms with Crippen molar-refractivity contribution >= 4 is 11.6 Å². The predicted molar refractivity (Wildman–Crippen MR) is 61.5 cm³/mol. The largest absolute Gasteiger partial charge is 0.296 e. The van der Waals surface area contributed by atoms with Gasteiger partial charge in [-0.2, -0.15) is 0 Å². The molecule has 14 heavy (non-hydrogen) atoms. The van der Waals surface area contributed by atoms with Crippen molar-refractivity contribution in [2.75, 3.05) is 13.1 Å². The molecule has 1 aliphatic carbocycles. The van der Waals surface area contributed by atoms with Gasteiger partial charge in [-0.05, 0) is 38.1 Å². The zero-order valence-electron chi connectivity index (χ0n) is 8.79. The third-order valence-corrected chi connectivity index (χ3v) is 3.97. The first-order valence-corrected chi connectivity index (χ1v) is 6.34. The van der Waals surface area contributed by atoms with Crippen LogP contribution in [0.1, 0.15) is 38.5 Å². The number of fused-ring (bicyclic) bond motifs is 1. The summed E-state index contributed by atoms with van der Waals surface area (Å²) in [6.45, 7) is 2.34. The maximum Gasteiger partial charge on any atom is 0.0177 e. The van der Waals surface area contributed by atoms with Gasteiger partial charge in [0, 0.05) is 18.1 Å². The van der Waals surface area contributed by atoms with Gasteiger partial charge in [0.05, 0.1) is 0 Å². The van der Waals surface area contributed by atoms with Crippen molar-refractivity contribution in [3.63, 3.8) is 0 Å². The highest BCUT2D eigenvalue weighted by Gasteiger charge is 2.32. The Kier molecular flexibility index (Phi) is 3.89. The monoisotopic (exact) mass is 213 g/mol. The van der Waals surface area contributed by atoms with Gasteiger partial charge in [0.25, 0.3) is 0 Å². The van der Waals surface area contributed by atoms with E-state index < -0.39 is 0 Å². The smallest absolute Gasteiger partial charge is 0.0177 e. The molecule has 1 aliphatic heterocycles. The van der Waals surface area contributed by atoms with Crippen molar-refractivity contribution in [1.82, 2.24) is 4.90 Å². The fraction of sp³-hybridized carbons (Fsp3) is 0.833. The van der Waals surface area contributed by atoms with Crippen molar-refractivity contribution in [1.29, 1.82) is 0 Å². The van der Waals surface area contributed by atoms with Gasteiger partial charge in [-0.25, -0.2) is 0 Å². The van der Waals surface area contributed by atoms with E-state index in [4.69, 9.17) is 11.6 Å². The van der Waals surface area contributed by atoms with Crippen molar-refractivity contribution < 1.29 is 0 Å². The summed E-state index contributed by atoms with van der Waals surface area (Å²) in [7, 11) is 0. The Morgan fingerprint density at radius 1 is 1.14 bits per heavy atom. The second-order valence-electron chi connectivity index (χ2n) is 4.61. The lowest BCUT2D eigenvalue weighted by Crippen LogP contribution is -2.46. The molecule has 80 valence electrons. The van der Waals surface area contributed by atoms with Crippen LogP contribution in [0.3, 0.4) is 0 Å². The van der Waals surface area contributed by atoms with E-state index >= 15 is 0 Å². The average molecular weight is 214 g/mol. The minimum Gasteiger partial charge on any atom is -0.296 e. The Morgan fingerprint density at radius 3 is 2.79 bits per heavy atom. The second kappa shape index (κ2) is 5.18. The molecule has 1 nitrogen and oxygen atoms in total. The fourth-order valence-electron chi connectivity index (χ4n) is 3.13. The van der Waals surface area contributed by atoms with Crippen LogP contribution in [-0.4, -0.2) is 24.0 Å². The molecule has 2 unspecified atom stereocenters. The quantitative estimate of drug-likeness (QED) is 0.680. The summed E-state index contributed by atoms with van der Waals surface area (Å²) in [6.07, 6.45) is 10.7. The number of likely N-dealkylation sites (tertiary alicyclic amines) is 1. The molecule has 1 saturated carbocycles. The lowest BCUT2D eigenvalue weighted by Gasteiger charge is -2.43. The van der Waals surface area contributed by atoms with Crippen molar-refractivity contribution in [2.45, 2.75) is 44.6 Å². The maximum absolute atomic E-state index is 5.59. The molecule has 0 spiro atoms. The Morgan fingerprint density at radius 2 is 1.93 bits per heavy atom. The van der Waals surface area contributed by atoms with E-state index in [2.05, 4.69) is 11.0 Å². The summed E-state index contributed by atoms with van der Waals surface area (Å²) in [5.74, 6) is 0.987. The highest BCUT2D eigenvalue weighted by molar-refractivity contribution is 6.25. The molecule has 0 aromatic rings. The summed E-state index contributed by atoms with van der Waals surface area (Å²) >= 11 is 5.59. The Balaban J connectivity index is 1.94. The molecule has 2 fully saturated rings. The SMILES string of the molecule is ClC=CCN1CCCC2CCCCC21. The molecule has 2 rings (SSSR count). The molecule has 0 bridgehead atoms. The molecule has 2 heteroatoms. The highest BCUT2D eigenvalue weighted by Crippen LogP contribution is 2.34. The van der Waals surface area contributed by atoms with Crippen LogP contribution < -0.4 is 0 Å². The zero-order valence-corrected chi connectivity index (χ0v) is 9.55. The van der Waals surface area contributed by atoms with Crippen LogP contribution in [0.25, 0.3) is 0 Å². The van der Waals surface area contributed by atoms with Crippen LogP contribution in [0.2, 0.25) is 0 Å². The van der Waals surface area contributed by atoms with Crippen LogP contribution in [-0.2, 0) is 0 Å². The van der Waals surface area contributed by atoms with E-state index in [9.17, 15) is 0 Å². The highest BCUT2D eigenvalue weighted by atomic mass is 35.5. The first-order chi connectivity index (χ1) is 6.92. The molecule has 0 amide bonds. The van der Waals surface area contributed by atoms with Crippen molar-refractivity contribution in [3.05, 3.63) is 11.6 Å². The minimum atomic E-state index is 0.866. The summed E-state index contributed by atoms with van der Waals surface area (Å²) in [5.41, 5.74) is 1.66. The predicted octanol–water partition coefficient (Wildman–Crippen LogP) is 3.39. The standard InChI is InChI=1S/C12H20ClN/c13-8-4-10-14-9-3-6-11-5-1-2-7-12(11)14/h4,8,11-12H,1-3,5-7,9-10H2. The van der Waals surface area contributed by atoms with Gasteiger partial charge in [0.2, 0.25) is 0 Å². The molecular formula is C12H20ClN. The van der Waals surface area contributed by atoms with E-state index in [0.29, 0.717) is 0 Å². The summed E-state index contributed by atoms with van der Waals surface area (Å²) in [5, 5.41) is 0. The summed E-state index contributed by atoms with van der Waals surface area (Å²) in [4.78, 5) is 2.63. The van der Waals surface area contributed by atoms with Crippen molar-refractivity contribution in [2.24, 2.45) is 5.92 Å². The Bertz CT molecular complexity index is 200. The topological polar surface area (TPSA) is 3.24 Å². The number of halogens is 1. The van der Waals surface area contributed by atoms with Crippen LogP contribution in [0, 0.1) is 5.92 Å². The van der Waals surface area contributed by atoms with E-state index in [-0.39, 0.29) is 0 Å². The fourth-order valence-corrected chi connectivity index (χ4v) is 3.21.